The maximum atomic E-state index is 5.97. The Labute approximate surface area is 92.6 Å². The van der Waals surface area contributed by atoms with Gasteiger partial charge in [-0.3, -0.25) is 4.90 Å². The van der Waals surface area contributed by atoms with Crippen LogP contribution in [0.5, 0.6) is 0 Å². The topological polar surface area (TPSA) is 32.5 Å². The minimum absolute atomic E-state index is 0.474. The lowest BCUT2D eigenvalue weighted by Crippen LogP contribution is -2.59. The first-order valence-electron chi connectivity index (χ1n) is 6.55. The molecule has 0 aromatic heterocycles. The summed E-state index contributed by atoms with van der Waals surface area (Å²) in [5, 5.41) is 0. The zero-order valence-electron chi connectivity index (χ0n) is 9.57. The van der Waals surface area contributed by atoms with Crippen molar-refractivity contribution in [3.63, 3.8) is 0 Å². The van der Waals surface area contributed by atoms with Gasteiger partial charge in [-0.25, -0.2) is 0 Å². The first-order valence-corrected chi connectivity index (χ1v) is 6.55. The van der Waals surface area contributed by atoms with Gasteiger partial charge < -0.3 is 10.6 Å². The molecule has 4 fully saturated rings. The van der Waals surface area contributed by atoms with Crippen molar-refractivity contribution >= 4 is 0 Å². The van der Waals surface area contributed by atoms with Gasteiger partial charge in [-0.05, 0) is 57.8 Å². The molecule has 4 saturated heterocycles. The third kappa shape index (κ3) is 1.93. The molecule has 0 spiro atoms. The zero-order chi connectivity index (χ0) is 10.3. The van der Waals surface area contributed by atoms with E-state index in [0.717, 1.165) is 12.0 Å². The Kier molecular flexibility index (Phi) is 2.71. The first-order chi connectivity index (χ1) is 7.33. The van der Waals surface area contributed by atoms with Crippen molar-refractivity contribution in [3.05, 3.63) is 0 Å². The lowest BCUT2D eigenvalue weighted by molar-refractivity contribution is -0.00427. The number of likely N-dealkylation sites (tertiary alicyclic amines) is 1. The summed E-state index contributed by atoms with van der Waals surface area (Å²) < 4.78 is 0. The third-order valence-corrected chi connectivity index (χ3v) is 4.66. The highest BCUT2D eigenvalue weighted by atomic mass is 15.3. The fraction of sp³-hybridized carbons (Fsp3) is 1.00. The summed E-state index contributed by atoms with van der Waals surface area (Å²) in [6, 6.07) is 1.34. The maximum Gasteiger partial charge on any atom is 0.0252 e. The molecule has 0 radical (unpaired) electrons. The maximum absolute atomic E-state index is 5.97. The number of hydrogen-bond acceptors (Lipinski definition) is 3. The van der Waals surface area contributed by atoms with Crippen LogP contribution in [-0.2, 0) is 0 Å². The fourth-order valence-electron chi connectivity index (χ4n) is 3.60. The second-order valence-electron chi connectivity index (χ2n) is 5.58. The van der Waals surface area contributed by atoms with Gasteiger partial charge in [0.2, 0.25) is 0 Å². The molecule has 15 heavy (non-hydrogen) atoms. The van der Waals surface area contributed by atoms with Crippen molar-refractivity contribution in [2.75, 3.05) is 32.7 Å². The Morgan fingerprint density at radius 3 is 2.07 bits per heavy atom. The highest BCUT2D eigenvalue weighted by Crippen LogP contribution is 2.31. The van der Waals surface area contributed by atoms with Gasteiger partial charge in [0.1, 0.15) is 0 Å². The number of rotatable bonds is 1. The molecule has 0 amide bonds. The minimum Gasteiger partial charge on any atom is -0.328 e. The van der Waals surface area contributed by atoms with Gasteiger partial charge in [0.15, 0.2) is 0 Å². The molecule has 0 aromatic rings. The van der Waals surface area contributed by atoms with E-state index in [1.807, 2.05) is 0 Å². The summed E-state index contributed by atoms with van der Waals surface area (Å²) in [7, 11) is 0. The summed E-state index contributed by atoms with van der Waals surface area (Å²) in [6.45, 7) is 6.54. The van der Waals surface area contributed by atoms with E-state index in [1.54, 1.807) is 0 Å². The van der Waals surface area contributed by atoms with E-state index in [4.69, 9.17) is 5.73 Å². The molecular formula is C12H23N3. The number of fused-ring (bicyclic) bond motifs is 3. The van der Waals surface area contributed by atoms with E-state index >= 15 is 0 Å². The molecule has 4 aliphatic rings. The molecule has 4 rings (SSSR count). The van der Waals surface area contributed by atoms with Crippen LogP contribution in [0.25, 0.3) is 0 Å². The third-order valence-electron chi connectivity index (χ3n) is 4.66. The molecule has 3 nitrogen and oxygen atoms in total. The highest BCUT2D eigenvalue weighted by Gasteiger charge is 2.37. The molecule has 1 unspecified atom stereocenters. The zero-order valence-corrected chi connectivity index (χ0v) is 9.57. The summed E-state index contributed by atoms with van der Waals surface area (Å²) in [4.78, 5) is 5.37. The van der Waals surface area contributed by atoms with Crippen molar-refractivity contribution in [1.29, 1.82) is 0 Å². The van der Waals surface area contributed by atoms with E-state index in [0.29, 0.717) is 6.04 Å². The van der Waals surface area contributed by atoms with Crippen LogP contribution < -0.4 is 5.73 Å². The van der Waals surface area contributed by atoms with Crippen LogP contribution in [0.3, 0.4) is 0 Å². The van der Waals surface area contributed by atoms with Crippen LogP contribution in [0.4, 0.5) is 0 Å². The van der Waals surface area contributed by atoms with Crippen LogP contribution in [-0.4, -0.2) is 54.6 Å². The molecule has 4 heterocycles. The van der Waals surface area contributed by atoms with Gasteiger partial charge in [0, 0.05) is 18.6 Å². The standard InChI is InChI=1S/C12H23N3/c13-11-3-7-15(8-4-11)12-9-14-5-1-10(12)2-6-14/h10-12H,1-9,13H2. The first kappa shape index (κ1) is 10.1. The Bertz CT molecular complexity index is 215. The van der Waals surface area contributed by atoms with Crippen molar-refractivity contribution < 1.29 is 0 Å². The van der Waals surface area contributed by atoms with Crippen molar-refractivity contribution in [2.24, 2.45) is 11.7 Å². The average Bonchev–Trinajstić information content (AvgIpc) is 2.31. The lowest BCUT2D eigenvalue weighted by atomic mass is 9.82. The van der Waals surface area contributed by atoms with Crippen molar-refractivity contribution in [3.8, 4) is 0 Å². The van der Waals surface area contributed by atoms with Gasteiger partial charge in [0.25, 0.3) is 0 Å². The van der Waals surface area contributed by atoms with Crippen LogP contribution in [0.1, 0.15) is 25.7 Å². The Morgan fingerprint density at radius 1 is 0.867 bits per heavy atom. The summed E-state index contributed by atoms with van der Waals surface area (Å²) in [6.07, 6.45) is 5.30. The van der Waals surface area contributed by atoms with Gasteiger partial charge in [-0.1, -0.05) is 0 Å². The van der Waals surface area contributed by atoms with Crippen molar-refractivity contribution in [1.82, 2.24) is 9.80 Å². The number of piperidine rings is 4. The van der Waals surface area contributed by atoms with Gasteiger partial charge in [-0.2, -0.15) is 0 Å². The smallest absolute Gasteiger partial charge is 0.0252 e. The minimum atomic E-state index is 0.474. The molecule has 2 bridgehead atoms. The van der Waals surface area contributed by atoms with E-state index < -0.39 is 0 Å². The highest BCUT2D eigenvalue weighted by molar-refractivity contribution is 4.93. The average molecular weight is 209 g/mol. The Morgan fingerprint density at radius 2 is 1.53 bits per heavy atom. The molecule has 0 saturated carbocycles. The van der Waals surface area contributed by atoms with Crippen LogP contribution in [0.15, 0.2) is 0 Å². The van der Waals surface area contributed by atoms with E-state index in [9.17, 15) is 0 Å². The monoisotopic (exact) mass is 209 g/mol. The second-order valence-corrected chi connectivity index (χ2v) is 5.58. The number of hydrogen-bond donors (Lipinski definition) is 1. The molecule has 4 aliphatic heterocycles. The Balaban J connectivity index is 1.62. The SMILES string of the molecule is NC1CCN(C2CN3CCC2CC3)CC1. The van der Waals surface area contributed by atoms with E-state index in [-0.39, 0.29) is 0 Å². The van der Waals surface area contributed by atoms with E-state index in [2.05, 4.69) is 9.80 Å². The normalized spacial score (nSPS) is 43.4. The van der Waals surface area contributed by atoms with Gasteiger partial charge in [-0.15, -0.1) is 0 Å². The van der Waals surface area contributed by atoms with Crippen LogP contribution >= 0.6 is 0 Å². The van der Waals surface area contributed by atoms with Crippen molar-refractivity contribution in [2.45, 2.75) is 37.8 Å². The second kappa shape index (κ2) is 4.04. The fourth-order valence-corrected chi connectivity index (χ4v) is 3.60. The van der Waals surface area contributed by atoms with Gasteiger partial charge >= 0.3 is 0 Å². The molecule has 86 valence electrons. The molecule has 1 atom stereocenters. The van der Waals surface area contributed by atoms with Crippen LogP contribution in [0, 0.1) is 5.92 Å². The summed E-state index contributed by atoms with van der Waals surface area (Å²) in [5.41, 5.74) is 5.97. The Hall–Kier alpha value is -0.120. The molecule has 0 aromatic carbocycles. The molecular weight excluding hydrogens is 186 g/mol. The lowest BCUT2D eigenvalue weighted by Gasteiger charge is -2.50. The van der Waals surface area contributed by atoms with Crippen LogP contribution in [0.2, 0.25) is 0 Å². The predicted octanol–water partition coefficient (Wildman–Crippen LogP) is 0.504. The number of nitrogens with zero attached hydrogens (tertiary/aromatic N) is 2. The largest absolute Gasteiger partial charge is 0.328 e. The van der Waals surface area contributed by atoms with Gasteiger partial charge in [0.05, 0.1) is 0 Å². The molecule has 3 heteroatoms. The predicted molar refractivity (Wildman–Crippen MR) is 61.7 cm³/mol. The summed E-state index contributed by atoms with van der Waals surface area (Å²) >= 11 is 0. The van der Waals surface area contributed by atoms with E-state index in [1.165, 1.54) is 58.4 Å². The molecule has 0 aliphatic carbocycles. The molecule has 2 N–H and O–H groups in total. The quantitative estimate of drug-likeness (QED) is 0.683. The number of nitrogens with two attached hydrogens (primary N) is 1. The summed E-state index contributed by atoms with van der Waals surface area (Å²) in [5.74, 6) is 0.990.